The standard InChI is InChI=1S/C20H23NO5/c1-2-16-18(26-12-15-11-24-7-8-25-15)10-19(23)21-6-5-13-9-14(22)3-4-17(13)20(16)21/h3-4,9-10,15,22H,2,5-8,11-12H2,1H3. The molecule has 1 saturated heterocycles. The second-order valence-electron chi connectivity index (χ2n) is 6.65. The number of hydrogen-bond acceptors (Lipinski definition) is 5. The average Bonchev–Trinajstić information content (AvgIpc) is 2.66. The second-order valence-corrected chi connectivity index (χ2v) is 6.65. The van der Waals surface area contributed by atoms with E-state index in [0.717, 1.165) is 35.2 Å². The second kappa shape index (κ2) is 7.13. The summed E-state index contributed by atoms with van der Waals surface area (Å²) >= 11 is 0. The zero-order valence-corrected chi connectivity index (χ0v) is 14.9. The van der Waals surface area contributed by atoms with Crippen LogP contribution >= 0.6 is 0 Å². The van der Waals surface area contributed by atoms with E-state index in [4.69, 9.17) is 14.2 Å². The Kier molecular flexibility index (Phi) is 4.70. The summed E-state index contributed by atoms with van der Waals surface area (Å²) in [6.45, 7) is 4.71. The van der Waals surface area contributed by atoms with Gasteiger partial charge in [0.15, 0.2) is 0 Å². The summed E-state index contributed by atoms with van der Waals surface area (Å²) in [4.78, 5) is 12.7. The molecule has 0 spiro atoms. The van der Waals surface area contributed by atoms with Crippen molar-refractivity contribution >= 4 is 0 Å². The molecule has 0 amide bonds. The third-order valence-electron chi connectivity index (χ3n) is 4.99. The average molecular weight is 357 g/mol. The number of phenols is 1. The Bertz CT molecular complexity index is 867. The van der Waals surface area contributed by atoms with E-state index in [9.17, 15) is 9.90 Å². The van der Waals surface area contributed by atoms with Gasteiger partial charge in [0, 0.05) is 23.7 Å². The van der Waals surface area contributed by atoms with E-state index in [0.29, 0.717) is 38.7 Å². The molecule has 138 valence electrons. The van der Waals surface area contributed by atoms with E-state index in [1.165, 1.54) is 0 Å². The lowest BCUT2D eigenvalue weighted by Gasteiger charge is -2.27. The number of fused-ring (bicyclic) bond motifs is 3. The van der Waals surface area contributed by atoms with Gasteiger partial charge < -0.3 is 23.9 Å². The molecule has 3 heterocycles. The largest absolute Gasteiger partial charge is 0.508 e. The van der Waals surface area contributed by atoms with E-state index in [1.54, 1.807) is 18.2 Å². The number of phenolic OH excluding ortho intramolecular Hbond substituents is 1. The first-order valence-corrected chi connectivity index (χ1v) is 9.08. The first kappa shape index (κ1) is 17.1. The van der Waals surface area contributed by atoms with Gasteiger partial charge in [0.1, 0.15) is 24.2 Å². The van der Waals surface area contributed by atoms with Gasteiger partial charge in [-0.2, -0.15) is 0 Å². The lowest BCUT2D eigenvalue weighted by Crippen LogP contribution is -2.34. The van der Waals surface area contributed by atoms with Gasteiger partial charge in [-0.25, -0.2) is 0 Å². The zero-order valence-electron chi connectivity index (χ0n) is 14.9. The maximum absolute atomic E-state index is 12.7. The molecule has 1 atom stereocenters. The molecule has 2 aliphatic heterocycles. The van der Waals surface area contributed by atoms with Crippen molar-refractivity contribution in [2.24, 2.45) is 0 Å². The molecular weight excluding hydrogens is 334 g/mol. The number of nitrogens with zero attached hydrogens (tertiary/aromatic N) is 1. The number of hydrogen-bond donors (Lipinski definition) is 1. The van der Waals surface area contributed by atoms with Crippen LogP contribution in [0.4, 0.5) is 0 Å². The van der Waals surface area contributed by atoms with Crippen LogP contribution in [0.2, 0.25) is 0 Å². The Balaban J connectivity index is 1.73. The van der Waals surface area contributed by atoms with Crippen molar-refractivity contribution in [3.05, 3.63) is 45.7 Å². The quantitative estimate of drug-likeness (QED) is 0.908. The van der Waals surface area contributed by atoms with Crippen LogP contribution in [0.5, 0.6) is 11.5 Å². The van der Waals surface area contributed by atoms with Crippen LogP contribution in [0.25, 0.3) is 11.3 Å². The minimum absolute atomic E-state index is 0.0632. The minimum Gasteiger partial charge on any atom is -0.508 e. The molecule has 1 aromatic carbocycles. The van der Waals surface area contributed by atoms with E-state index in [2.05, 4.69) is 6.92 Å². The third kappa shape index (κ3) is 3.10. The van der Waals surface area contributed by atoms with E-state index >= 15 is 0 Å². The van der Waals surface area contributed by atoms with Crippen LogP contribution in [0.1, 0.15) is 18.1 Å². The van der Waals surface area contributed by atoms with Crippen molar-refractivity contribution in [3.63, 3.8) is 0 Å². The molecule has 1 fully saturated rings. The molecule has 26 heavy (non-hydrogen) atoms. The van der Waals surface area contributed by atoms with Crippen molar-refractivity contribution in [1.82, 2.24) is 4.57 Å². The summed E-state index contributed by atoms with van der Waals surface area (Å²) < 4.78 is 18.8. The summed E-state index contributed by atoms with van der Waals surface area (Å²) in [6, 6.07) is 6.91. The highest BCUT2D eigenvalue weighted by atomic mass is 16.6. The molecule has 2 aliphatic rings. The molecular formula is C20H23NO5. The molecule has 6 heteroatoms. The third-order valence-corrected chi connectivity index (χ3v) is 4.99. The Hall–Kier alpha value is -2.31. The van der Waals surface area contributed by atoms with Crippen molar-refractivity contribution in [3.8, 4) is 22.8 Å². The lowest BCUT2D eigenvalue weighted by atomic mass is 9.93. The molecule has 1 aromatic heterocycles. The first-order valence-electron chi connectivity index (χ1n) is 9.08. The lowest BCUT2D eigenvalue weighted by molar-refractivity contribution is -0.101. The van der Waals surface area contributed by atoms with Gasteiger partial charge in [0.2, 0.25) is 0 Å². The van der Waals surface area contributed by atoms with Crippen molar-refractivity contribution < 1.29 is 19.3 Å². The fourth-order valence-corrected chi connectivity index (χ4v) is 3.73. The number of aromatic nitrogens is 1. The van der Waals surface area contributed by atoms with Crippen LogP contribution in [0.3, 0.4) is 0 Å². The summed E-state index contributed by atoms with van der Waals surface area (Å²) in [6.07, 6.45) is 1.36. The van der Waals surface area contributed by atoms with E-state index < -0.39 is 0 Å². The number of pyridine rings is 1. The van der Waals surface area contributed by atoms with E-state index in [1.807, 2.05) is 10.6 Å². The Labute approximate surface area is 151 Å². The Morgan fingerprint density at radius 1 is 1.31 bits per heavy atom. The maximum atomic E-state index is 12.7. The molecule has 2 aromatic rings. The predicted octanol–water partition coefficient (Wildman–Crippen LogP) is 2.13. The zero-order chi connectivity index (χ0) is 18.1. The summed E-state index contributed by atoms with van der Waals surface area (Å²) in [5, 5.41) is 9.78. The topological polar surface area (TPSA) is 69.9 Å². The smallest absolute Gasteiger partial charge is 0.254 e. The monoisotopic (exact) mass is 357 g/mol. The van der Waals surface area contributed by atoms with Gasteiger partial charge in [-0.05, 0) is 36.6 Å². The van der Waals surface area contributed by atoms with Crippen LogP contribution in [-0.4, -0.2) is 42.2 Å². The maximum Gasteiger partial charge on any atom is 0.254 e. The SMILES string of the molecule is CCc1c(OCC2COCCO2)cc(=O)n2c1-c1ccc(O)cc1CC2. The molecule has 1 N–H and O–H groups in total. The molecule has 0 aliphatic carbocycles. The minimum atomic E-state index is -0.114. The molecule has 0 saturated carbocycles. The molecule has 1 unspecified atom stereocenters. The Morgan fingerprint density at radius 3 is 2.96 bits per heavy atom. The van der Waals surface area contributed by atoms with Gasteiger partial charge in [0.05, 0.1) is 25.5 Å². The highest BCUT2D eigenvalue weighted by molar-refractivity contribution is 5.72. The van der Waals surface area contributed by atoms with Crippen LogP contribution in [0, 0.1) is 0 Å². The van der Waals surface area contributed by atoms with E-state index in [-0.39, 0.29) is 17.4 Å². The fraction of sp³-hybridized carbons (Fsp3) is 0.450. The Morgan fingerprint density at radius 2 is 2.19 bits per heavy atom. The molecule has 0 radical (unpaired) electrons. The van der Waals surface area contributed by atoms with Crippen molar-refractivity contribution in [2.75, 3.05) is 26.4 Å². The van der Waals surface area contributed by atoms with Gasteiger partial charge in [-0.15, -0.1) is 0 Å². The normalized spacial score (nSPS) is 18.9. The number of ether oxygens (including phenoxy) is 3. The molecule has 0 bridgehead atoms. The fourth-order valence-electron chi connectivity index (χ4n) is 3.73. The van der Waals surface area contributed by atoms with Crippen molar-refractivity contribution in [1.29, 1.82) is 0 Å². The summed E-state index contributed by atoms with van der Waals surface area (Å²) in [5.41, 5.74) is 3.89. The highest BCUT2D eigenvalue weighted by Crippen LogP contribution is 2.36. The first-order chi connectivity index (χ1) is 12.7. The summed E-state index contributed by atoms with van der Waals surface area (Å²) in [5.74, 6) is 0.860. The number of aromatic hydroxyl groups is 1. The molecule has 6 nitrogen and oxygen atoms in total. The molecule has 4 rings (SSSR count). The van der Waals surface area contributed by atoms with Gasteiger partial charge in [0.25, 0.3) is 5.56 Å². The van der Waals surface area contributed by atoms with Crippen LogP contribution in [0.15, 0.2) is 29.1 Å². The van der Waals surface area contributed by atoms with Crippen molar-refractivity contribution in [2.45, 2.75) is 32.4 Å². The van der Waals surface area contributed by atoms with Gasteiger partial charge >= 0.3 is 0 Å². The predicted molar refractivity (Wildman–Crippen MR) is 96.9 cm³/mol. The number of aryl methyl sites for hydroxylation is 1. The highest BCUT2D eigenvalue weighted by Gasteiger charge is 2.24. The van der Waals surface area contributed by atoms with Gasteiger partial charge in [-0.1, -0.05) is 6.92 Å². The van der Waals surface area contributed by atoms with Gasteiger partial charge in [-0.3, -0.25) is 4.79 Å². The number of rotatable bonds is 4. The van der Waals surface area contributed by atoms with Crippen LogP contribution in [-0.2, 0) is 28.9 Å². The van der Waals surface area contributed by atoms with Crippen LogP contribution < -0.4 is 10.3 Å². The number of benzene rings is 1. The summed E-state index contributed by atoms with van der Waals surface area (Å²) in [7, 11) is 0.